The lowest BCUT2D eigenvalue weighted by molar-refractivity contribution is 0.564. The first-order chi connectivity index (χ1) is 11.5. The van der Waals surface area contributed by atoms with E-state index >= 15 is 0 Å². The summed E-state index contributed by atoms with van der Waals surface area (Å²) >= 11 is 4.83. The zero-order valence-electron chi connectivity index (χ0n) is 13.2. The second-order valence-corrected chi connectivity index (χ2v) is 7.54. The van der Waals surface area contributed by atoms with Gasteiger partial charge in [-0.2, -0.15) is 0 Å². The molecule has 1 heterocycles. The van der Waals surface area contributed by atoms with Crippen molar-refractivity contribution in [2.45, 2.75) is 24.0 Å². The van der Waals surface area contributed by atoms with E-state index in [-0.39, 0.29) is 0 Å². The molecule has 1 aliphatic rings. The monoisotopic (exact) mass is 410 g/mol. The number of rotatable bonds is 4. The number of nitrogens with one attached hydrogen (secondary N) is 1. The smallest absolute Gasteiger partial charge is 0.140 e. The largest absolute Gasteiger partial charge is 0.370 e. The number of thioether (sulfide) groups is 1. The Bertz CT molecular complexity index is 793. The van der Waals surface area contributed by atoms with Crippen molar-refractivity contribution in [2.24, 2.45) is 4.99 Å². The number of aryl methyl sites for hydroxylation is 1. The molecule has 0 fully saturated rings. The molecule has 0 aromatic heterocycles. The van der Waals surface area contributed by atoms with Crippen LogP contribution in [0.25, 0.3) is 0 Å². The Morgan fingerprint density at radius 1 is 1.25 bits per heavy atom. The van der Waals surface area contributed by atoms with Crippen LogP contribution in [0.1, 0.15) is 23.1 Å². The Morgan fingerprint density at radius 3 is 2.83 bits per heavy atom. The van der Waals surface area contributed by atoms with Gasteiger partial charge in [0.05, 0.1) is 4.90 Å². The summed E-state index contributed by atoms with van der Waals surface area (Å²) in [5, 5.41) is 3.14. The van der Waals surface area contributed by atoms with Gasteiger partial charge in [-0.15, -0.1) is 11.8 Å². The molecule has 2 nitrogen and oxygen atoms in total. The second-order valence-electron chi connectivity index (χ2n) is 5.63. The molecule has 126 valence electrons. The van der Waals surface area contributed by atoms with Gasteiger partial charge in [0.15, 0.2) is 0 Å². The molecule has 0 bridgehead atoms. The molecular weight excluding hydrogens is 394 g/mol. The van der Waals surface area contributed by atoms with Crippen molar-refractivity contribution >= 4 is 33.5 Å². The molecule has 2 aromatic carbocycles. The summed E-state index contributed by atoms with van der Waals surface area (Å²) in [6.07, 6.45) is 0.932. The number of aliphatic imine (C=N–C) groups is 1. The zero-order chi connectivity index (χ0) is 17.1. The van der Waals surface area contributed by atoms with Crippen LogP contribution < -0.4 is 5.32 Å². The summed E-state index contributed by atoms with van der Waals surface area (Å²) in [7, 11) is 0. The van der Waals surface area contributed by atoms with Gasteiger partial charge >= 0.3 is 0 Å². The van der Waals surface area contributed by atoms with Crippen molar-refractivity contribution in [3.05, 3.63) is 63.1 Å². The highest BCUT2D eigenvalue weighted by Crippen LogP contribution is 2.32. The highest BCUT2D eigenvalue weighted by molar-refractivity contribution is 9.10. The van der Waals surface area contributed by atoms with E-state index in [2.05, 4.69) is 26.2 Å². The van der Waals surface area contributed by atoms with Crippen LogP contribution in [-0.4, -0.2) is 18.9 Å². The molecule has 0 radical (unpaired) electrons. The van der Waals surface area contributed by atoms with Crippen LogP contribution in [0.4, 0.5) is 8.78 Å². The minimum atomic E-state index is -0.583. The summed E-state index contributed by atoms with van der Waals surface area (Å²) < 4.78 is 29.1. The van der Waals surface area contributed by atoms with Crippen LogP contribution in [-0.2, 0) is 5.75 Å². The third kappa shape index (κ3) is 3.98. The van der Waals surface area contributed by atoms with Crippen molar-refractivity contribution in [3.8, 4) is 0 Å². The molecule has 0 unspecified atom stereocenters. The summed E-state index contributed by atoms with van der Waals surface area (Å²) in [5.41, 5.74) is 2.76. The van der Waals surface area contributed by atoms with Gasteiger partial charge in [0, 0.05) is 34.9 Å². The van der Waals surface area contributed by atoms with Crippen molar-refractivity contribution in [1.29, 1.82) is 0 Å². The van der Waals surface area contributed by atoms with E-state index in [1.165, 1.54) is 17.8 Å². The molecule has 0 saturated heterocycles. The molecule has 0 spiro atoms. The lowest BCUT2D eigenvalue weighted by Gasteiger charge is -2.18. The summed E-state index contributed by atoms with van der Waals surface area (Å²) in [6.45, 7) is 3.47. The number of nitrogens with zero attached hydrogens (tertiary/aromatic N) is 1. The molecular formula is C18H17BrF2N2S. The van der Waals surface area contributed by atoms with E-state index in [1.807, 2.05) is 25.1 Å². The van der Waals surface area contributed by atoms with Crippen molar-refractivity contribution in [2.75, 3.05) is 13.1 Å². The highest BCUT2D eigenvalue weighted by Gasteiger charge is 2.18. The second kappa shape index (κ2) is 7.66. The first kappa shape index (κ1) is 17.4. The van der Waals surface area contributed by atoms with E-state index in [4.69, 9.17) is 0 Å². The van der Waals surface area contributed by atoms with Crippen molar-refractivity contribution < 1.29 is 8.78 Å². The predicted molar refractivity (Wildman–Crippen MR) is 98.8 cm³/mol. The molecule has 24 heavy (non-hydrogen) atoms. The third-order valence-electron chi connectivity index (χ3n) is 3.84. The van der Waals surface area contributed by atoms with Crippen LogP contribution in [0.3, 0.4) is 0 Å². The Labute approximate surface area is 152 Å². The molecule has 1 aliphatic heterocycles. The number of benzene rings is 2. The Morgan fingerprint density at radius 2 is 2.08 bits per heavy atom. The molecule has 2 aromatic rings. The number of hydrogen-bond donors (Lipinski definition) is 1. The fourth-order valence-electron chi connectivity index (χ4n) is 2.54. The van der Waals surface area contributed by atoms with Crippen LogP contribution >= 0.6 is 27.7 Å². The number of amidine groups is 1. The van der Waals surface area contributed by atoms with Crippen molar-refractivity contribution in [3.63, 3.8) is 0 Å². The average molecular weight is 411 g/mol. The van der Waals surface area contributed by atoms with Gasteiger partial charge in [0.1, 0.15) is 17.5 Å². The highest BCUT2D eigenvalue weighted by atomic mass is 79.9. The Kier molecular flexibility index (Phi) is 5.56. The normalized spacial score (nSPS) is 14.2. The standard InChI is InChI=1S/C18H17BrF2N2S/c1-11-3-4-13(19)7-12(11)10-24-17-15(8-14(20)9-16(17)21)18-22-5-2-6-23-18/h3-4,7-9H,2,5-6,10H2,1H3,(H,22,23). The average Bonchev–Trinajstić information content (AvgIpc) is 2.57. The number of halogens is 3. The van der Waals surface area contributed by atoms with Gasteiger partial charge in [0.25, 0.3) is 0 Å². The fourth-order valence-corrected chi connectivity index (χ4v) is 4.07. The van der Waals surface area contributed by atoms with E-state index in [0.717, 1.165) is 34.6 Å². The van der Waals surface area contributed by atoms with Gasteiger partial charge < -0.3 is 5.32 Å². The van der Waals surface area contributed by atoms with Crippen LogP contribution in [0.15, 0.2) is 44.7 Å². The maximum absolute atomic E-state index is 14.4. The maximum Gasteiger partial charge on any atom is 0.140 e. The van der Waals surface area contributed by atoms with Gasteiger partial charge in [-0.25, -0.2) is 8.78 Å². The summed E-state index contributed by atoms with van der Waals surface area (Å²) in [6, 6.07) is 8.32. The van der Waals surface area contributed by atoms with Crippen LogP contribution in [0.2, 0.25) is 0 Å². The van der Waals surface area contributed by atoms with Gasteiger partial charge in [-0.05, 0) is 42.7 Å². The summed E-state index contributed by atoms with van der Waals surface area (Å²) in [5.74, 6) is 0.0556. The molecule has 0 aliphatic carbocycles. The van der Waals surface area contributed by atoms with Gasteiger partial charge in [0.2, 0.25) is 0 Å². The van der Waals surface area contributed by atoms with E-state index < -0.39 is 11.6 Å². The minimum absolute atomic E-state index is 0.434. The first-order valence-electron chi connectivity index (χ1n) is 7.70. The third-order valence-corrected chi connectivity index (χ3v) is 5.50. The van der Waals surface area contributed by atoms with E-state index in [0.29, 0.717) is 28.6 Å². The zero-order valence-corrected chi connectivity index (χ0v) is 15.6. The quantitative estimate of drug-likeness (QED) is 0.711. The molecule has 0 saturated carbocycles. The van der Waals surface area contributed by atoms with Gasteiger partial charge in [-0.3, -0.25) is 4.99 Å². The molecule has 3 rings (SSSR count). The van der Waals surface area contributed by atoms with E-state index in [9.17, 15) is 8.78 Å². The first-order valence-corrected chi connectivity index (χ1v) is 9.48. The topological polar surface area (TPSA) is 24.4 Å². The lowest BCUT2D eigenvalue weighted by Crippen LogP contribution is -2.30. The van der Waals surface area contributed by atoms with Crippen LogP contribution in [0, 0.1) is 18.6 Å². The Balaban J connectivity index is 1.92. The van der Waals surface area contributed by atoms with Crippen LogP contribution in [0.5, 0.6) is 0 Å². The molecule has 6 heteroatoms. The Hall–Kier alpha value is -1.40. The summed E-state index contributed by atoms with van der Waals surface area (Å²) in [4.78, 5) is 4.81. The lowest BCUT2D eigenvalue weighted by atomic mass is 10.1. The fraction of sp³-hybridized carbons (Fsp3) is 0.278. The molecule has 1 N–H and O–H groups in total. The maximum atomic E-state index is 14.4. The predicted octanol–water partition coefficient (Wildman–Crippen LogP) is 5.07. The molecule has 0 atom stereocenters. The molecule has 0 amide bonds. The number of hydrogen-bond acceptors (Lipinski definition) is 3. The van der Waals surface area contributed by atoms with Gasteiger partial charge in [-0.1, -0.05) is 22.0 Å². The van der Waals surface area contributed by atoms with Crippen molar-refractivity contribution in [1.82, 2.24) is 5.32 Å². The minimum Gasteiger partial charge on any atom is -0.370 e. The van der Waals surface area contributed by atoms with E-state index in [1.54, 1.807) is 0 Å². The SMILES string of the molecule is Cc1ccc(Br)cc1CSc1c(F)cc(F)cc1C1=NCCCN1.